The number of nitrogens with zero attached hydrogens (tertiary/aromatic N) is 2. The molecule has 1 aliphatic rings. The normalized spacial score (nSPS) is 17.5. The van der Waals surface area contributed by atoms with E-state index in [0.717, 1.165) is 29.7 Å². The first-order valence-electron chi connectivity index (χ1n) is 9.54. The molecule has 1 aromatic heterocycles. The van der Waals surface area contributed by atoms with Gasteiger partial charge in [0.2, 0.25) is 5.28 Å². The first-order chi connectivity index (χ1) is 13.5. The summed E-state index contributed by atoms with van der Waals surface area (Å²) in [6.07, 6.45) is 0.341. The van der Waals surface area contributed by atoms with Crippen molar-refractivity contribution in [2.75, 3.05) is 25.0 Å². The molecule has 1 atom stereocenters. The number of hydrogen-bond donors (Lipinski definition) is 2. The number of rotatable bonds is 7. The van der Waals surface area contributed by atoms with Crippen LogP contribution >= 0.6 is 11.6 Å². The molecule has 2 heterocycles. The minimum absolute atomic E-state index is 0.0498. The van der Waals surface area contributed by atoms with Crippen LogP contribution in [-0.2, 0) is 30.0 Å². The molecule has 1 saturated heterocycles. The lowest BCUT2D eigenvalue weighted by molar-refractivity contribution is -0.151. The predicted octanol–water partition coefficient (Wildman–Crippen LogP) is 3.95. The topological polar surface area (TPSA) is 59.1 Å². The Morgan fingerprint density at radius 1 is 1.29 bits per heavy atom. The zero-order valence-electron chi connectivity index (χ0n) is 16.1. The van der Waals surface area contributed by atoms with Crippen LogP contribution in [-0.4, -0.2) is 35.8 Å². The molecule has 2 aromatic rings. The maximum absolute atomic E-state index is 14.8. The number of nitrogens with one attached hydrogen (secondary N) is 2. The summed E-state index contributed by atoms with van der Waals surface area (Å²) in [5.41, 5.74) is 2.57. The van der Waals surface area contributed by atoms with Gasteiger partial charge in [-0.25, -0.2) is 9.97 Å². The van der Waals surface area contributed by atoms with Crippen molar-refractivity contribution in [3.8, 4) is 0 Å². The Hall–Kier alpha value is -1.83. The van der Waals surface area contributed by atoms with E-state index in [9.17, 15) is 8.78 Å². The molecular weight excluding hydrogens is 386 g/mol. The molecule has 1 unspecified atom stereocenters. The number of morpholine rings is 1. The molecule has 1 fully saturated rings. The fourth-order valence-corrected chi connectivity index (χ4v) is 3.56. The molecule has 2 N–H and O–H groups in total. The second-order valence-electron chi connectivity index (χ2n) is 6.71. The molecule has 0 saturated carbocycles. The molecule has 0 bridgehead atoms. The Labute approximate surface area is 168 Å². The van der Waals surface area contributed by atoms with E-state index < -0.39 is 12.0 Å². The standard InChI is InChI=1S/C20H25ClF2N4O/c1-3-15-16(4-2)26-19(21)27-18(15)25-11-13-6-5-7-14(10-13)20(22,23)17-12-24-8-9-28-17/h5-7,10,17,24H,3-4,8-9,11-12H2,1-2H3,(H,25,26,27). The Balaban J connectivity index is 1.78. The number of benzene rings is 1. The lowest BCUT2D eigenvalue weighted by atomic mass is 10.00. The molecular formula is C20H25ClF2N4O. The van der Waals surface area contributed by atoms with Crippen molar-refractivity contribution in [3.63, 3.8) is 0 Å². The van der Waals surface area contributed by atoms with E-state index >= 15 is 0 Å². The highest BCUT2D eigenvalue weighted by Gasteiger charge is 2.43. The molecule has 28 heavy (non-hydrogen) atoms. The van der Waals surface area contributed by atoms with Gasteiger partial charge in [0.05, 0.1) is 12.3 Å². The molecule has 1 aromatic carbocycles. The van der Waals surface area contributed by atoms with Crippen molar-refractivity contribution >= 4 is 17.4 Å². The minimum atomic E-state index is -3.06. The third kappa shape index (κ3) is 4.59. The fourth-order valence-electron chi connectivity index (χ4n) is 3.37. The van der Waals surface area contributed by atoms with Crippen molar-refractivity contribution in [2.24, 2.45) is 0 Å². The number of hydrogen-bond acceptors (Lipinski definition) is 5. The van der Waals surface area contributed by atoms with Crippen LogP contribution in [0.4, 0.5) is 14.6 Å². The Bertz CT molecular complexity index is 813. The number of anilines is 1. The van der Waals surface area contributed by atoms with Gasteiger partial charge in [-0.15, -0.1) is 0 Å². The molecule has 3 rings (SSSR count). The fraction of sp³-hybridized carbons (Fsp3) is 0.500. The molecule has 1 aliphatic heterocycles. The number of halogens is 3. The molecule has 152 valence electrons. The first-order valence-corrected chi connectivity index (χ1v) is 9.92. The van der Waals surface area contributed by atoms with Crippen molar-refractivity contribution in [2.45, 2.75) is 45.3 Å². The summed E-state index contributed by atoms with van der Waals surface area (Å²) >= 11 is 6.03. The number of aryl methyl sites for hydroxylation is 1. The van der Waals surface area contributed by atoms with Gasteiger partial charge in [0, 0.05) is 30.8 Å². The van der Waals surface area contributed by atoms with E-state index in [2.05, 4.69) is 20.6 Å². The second kappa shape index (κ2) is 9.11. The third-order valence-electron chi connectivity index (χ3n) is 4.86. The van der Waals surface area contributed by atoms with Gasteiger partial charge in [-0.3, -0.25) is 0 Å². The van der Waals surface area contributed by atoms with Crippen molar-refractivity contribution in [1.82, 2.24) is 15.3 Å². The SMILES string of the molecule is CCc1nc(Cl)nc(NCc2cccc(C(F)(F)C3CNCCO3)c2)c1CC. The van der Waals surface area contributed by atoms with E-state index in [-0.39, 0.29) is 24.0 Å². The summed E-state index contributed by atoms with van der Waals surface area (Å²) in [6.45, 7) is 5.41. The highest BCUT2D eigenvalue weighted by Crippen LogP contribution is 2.34. The predicted molar refractivity (Wildman–Crippen MR) is 106 cm³/mol. The Morgan fingerprint density at radius 2 is 2.11 bits per heavy atom. The second-order valence-corrected chi connectivity index (χ2v) is 7.05. The van der Waals surface area contributed by atoms with Crippen LogP contribution in [0.5, 0.6) is 0 Å². The molecule has 0 spiro atoms. The van der Waals surface area contributed by atoms with Crippen LogP contribution in [0.2, 0.25) is 5.28 Å². The lowest BCUT2D eigenvalue weighted by Gasteiger charge is -2.31. The summed E-state index contributed by atoms with van der Waals surface area (Å²) in [6, 6.07) is 6.40. The maximum atomic E-state index is 14.8. The summed E-state index contributed by atoms with van der Waals surface area (Å²) in [7, 11) is 0. The maximum Gasteiger partial charge on any atom is 0.300 e. The van der Waals surface area contributed by atoms with E-state index in [4.69, 9.17) is 16.3 Å². The summed E-state index contributed by atoms with van der Waals surface area (Å²) in [5.74, 6) is -2.41. The molecule has 0 radical (unpaired) electrons. The zero-order valence-corrected chi connectivity index (χ0v) is 16.8. The highest BCUT2D eigenvalue weighted by atomic mass is 35.5. The van der Waals surface area contributed by atoms with Crippen LogP contribution < -0.4 is 10.6 Å². The van der Waals surface area contributed by atoms with Crippen molar-refractivity contribution in [3.05, 3.63) is 51.9 Å². The average Bonchev–Trinajstić information content (AvgIpc) is 2.72. The van der Waals surface area contributed by atoms with Gasteiger partial charge in [-0.05, 0) is 36.1 Å². The molecule has 0 aliphatic carbocycles. The van der Waals surface area contributed by atoms with E-state index in [1.54, 1.807) is 6.07 Å². The van der Waals surface area contributed by atoms with Gasteiger partial charge in [-0.2, -0.15) is 8.78 Å². The third-order valence-corrected chi connectivity index (χ3v) is 5.03. The van der Waals surface area contributed by atoms with Crippen LogP contribution in [0.25, 0.3) is 0 Å². The quantitative estimate of drug-likeness (QED) is 0.677. The average molecular weight is 411 g/mol. The van der Waals surface area contributed by atoms with Crippen molar-refractivity contribution in [1.29, 1.82) is 0 Å². The summed E-state index contributed by atoms with van der Waals surface area (Å²) < 4.78 is 34.9. The van der Waals surface area contributed by atoms with Gasteiger partial charge < -0.3 is 15.4 Å². The number of ether oxygens (including phenoxy) is 1. The summed E-state index contributed by atoms with van der Waals surface area (Å²) in [5, 5.41) is 6.37. The monoisotopic (exact) mass is 410 g/mol. The molecule has 8 heteroatoms. The molecule has 0 amide bonds. The van der Waals surface area contributed by atoms with Gasteiger partial charge in [0.25, 0.3) is 5.92 Å². The first kappa shape index (κ1) is 20.9. The summed E-state index contributed by atoms with van der Waals surface area (Å²) in [4.78, 5) is 8.55. The van der Waals surface area contributed by atoms with E-state index in [1.165, 1.54) is 12.1 Å². The van der Waals surface area contributed by atoms with Gasteiger partial charge >= 0.3 is 0 Å². The van der Waals surface area contributed by atoms with Crippen LogP contribution in [0, 0.1) is 0 Å². The molecule has 5 nitrogen and oxygen atoms in total. The van der Waals surface area contributed by atoms with Crippen molar-refractivity contribution < 1.29 is 13.5 Å². The minimum Gasteiger partial charge on any atom is -0.369 e. The van der Waals surface area contributed by atoms with Gasteiger partial charge in [-0.1, -0.05) is 32.0 Å². The lowest BCUT2D eigenvalue weighted by Crippen LogP contribution is -2.47. The largest absolute Gasteiger partial charge is 0.369 e. The Kier molecular flexibility index (Phi) is 6.80. The van der Waals surface area contributed by atoms with Crippen LogP contribution in [0.3, 0.4) is 0 Å². The van der Waals surface area contributed by atoms with E-state index in [0.29, 0.717) is 18.9 Å². The zero-order chi connectivity index (χ0) is 20.1. The van der Waals surface area contributed by atoms with Crippen LogP contribution in [0.15, 0.2) is 24.3 Å². The smallest absolute Gasteiger partial charge is 0.300 e. The Morgan fingerprint density at radius 3 is 2.79 bits per heavy atom. The van der Waals surface area contributed by atoms with Gasteiger partial charge in [0.15, 0.2) is 0 Å². The van der Waals surface area contributed by atoms with E-state index in [1.807, 2.05) is 19.9 Å². The number of alkyl halides is 2. The van der Waals surface area contributed by atoms with Gasteiger partial charge in [0.1, 0.15) is 11.9 Å². The van der Waals surface area contributed by atoms with Crippen LogP contribution in [0.1, 0.15) is 36.2 Å². The highest BCUT2D eigenvalue weighted by molar-refractivity contribution is 6.28. The number of aromatic nitrogens is 2.